The Morgan fingerprint density at radius 3 is 2.76 bits per heavy atom. The van der Waals surface area contributed by atoms with Crippen LogP contribution in [0.5, 0.6) is 5.75 Å². The zero-order valence-electron chi connectivity index (χ0n) is 22.5. The second-order valence-corrected chi connectivity index (χ2v) is 10.6. The second-order valence-electron chi connectivity index (χ2n) is 10.6. The summed E-state index contributed by atoms with van der Waals surface area (Å²) in [6, 6.07) is 10.2. The molecule has 0 bridgehead atoms. The van der Waals surface area contributed by atoms with Gasteiger partial charge in [0.25, 0.3) is 0 Å². The van der Waals surface area contributed by atoms with Gasteiger partial charge in [-0.2, -0.15) is 5.26 Å². The van der Waals surface area contributed by atoms with Crippen molar-refractivity contribution in [2.75, 3.05) is 47.0 Å². The molecule has 3 aromatic rings. The fraction of sp³-hybridized carbons (Fsp3) is 0.517. The summed E-state index contributed by atoms with van der Waals surface area (Å²) in [6.07, 6.45) is 6.07. The van der Waals surface area contributed by atoms with E-state index >= 15 is 0 Å². The Morgan fingerprint density at radius 1 is 1.24 bits per heavy atom. The van der Waals surface area contributed by atoms with Crippen LogP contribution in [-0.2, 0) is 16.1 Å². The summed E-state index contributed by atoms with van der Waals surface area (Å²) >= 11 is 0. The average molecular weight is 517 g/mol. The van der Waals surface area contributed by atoms with Gasteiger partial charge in [0.1, 0.15) is 24.0 Å². The number of rotatable bonds is 8. The van der Waals surface area contributed by atoms with Crippen LogP contribution >= 0.6 is 0 Å². The minimum Gasteiger partial charge on any atom is -0.493 e. The number of carbonyl (C=O) groups excluding carboxylic acids is 1. The van der Waals surface area contributed by atoms with Gasteiger partial charge >= 0.3 is 0 Å². The van der Waals surface area contributed by atoms with E-state index in [0.717, 1.165) is 74.2 Å². The third-order valence-corrected chi connectivity index (χ3v) is 7.90. The molecule has 1 unspecified atom stereocenters. The van der Waals surface area contributed by atoms with E-state index < -0.39 is 0 Å². The Hall–Kier alpha value is -3.48. The fourth-order valence-corrected chi connectivity index (χ4v) is 5.48. The molecule has 0 radical (unpaired) electrons. The summed E-state index contributed by atoms with van der Waals surface area (Å²) in [4.78, 5) is 26.2. The van der Waals surface area contributed by atoms with Gasteiger partial charge in [-0.25, -0.2) is 9.97 Å². The number of benzene rings is 1. The van der Waals surface area contributed by atoms with Gasteiger partial charge in [-0.05, 0) is 81.9 Å². The minimum absolute atomic E-state index is 0.0274. The third kappa shape index (κ3) is 5.66. The standard InChI is InChI=1S/C29H36N6O3/c1-20-16-22(4-5-25(20)38-15-10-21-8-13-37-14-9-21)28-24-7-12-35(29(24)32-26(17-30)31-28)19-27(36)34(3)23-6-11-33(2)18-23/h4-5,7,12,16,21,23H,6,8-11,13-15,18-19H2,1-3H3. The maximum atomic E-state index is 13.1. The molecule has 4 heterocycles. The van der Waals surface area contributed by atoms with Crippen molar-refractivity contribution in [1.29, 1.82) is 5.26 Å². The van der Waals surface area contributed by atoms with Crippen molar-refractivity contribution in [3.63, 3.8) is 0 Å². The number of likely N-dealkylation sites (N-methyl/N-ethyl adjacent to an activating group) is 2. The fourth-order valence-electron chi connectivity index (χ4n) is 5.48. The lowest BCUT2D eigenvalue weighted by atomic mass is 9.97. The number of fused-ring (bicyclic) bond motifs is 1. The molecular weight excluding hydrogens is 480 g/mol. The molecule has 9 heteroatoms. The van der Waals surface area contributed by atoms with E-state index in [1.165, 1.54) is 0 Å². The number of aromatic nitrogens is 3. The second kappa shape index (κ2) is 11.5. The zero-order valence-corrected chi connectivity index (χ0v) is 22.5. The van der Waals surface area contributed by atoms with E-state index in [1.807, 2.05) is 53.9 Å². The Balaban J connectivity index is 1.34. The molecule has 1 atom stereocenters. The molecule has 0 N–H and O–H groups in total. The molecular formula is C29H36N6O3. The SMILES string of the molecule is Cc1cc(-c2nc(C#N)nc3c2ccn3CC(=O)N(C)C2CCN(C)C2)ccc1OCCC1CCOCC1. The topological polar surface area (TPSA) is 96.5 Å². The lowest BCUT2D eigenvalue weighted by Gasteiger charge is -2.24. The van der Waals surface area contributed by atoms with Crippen LogP contribution in [0.15, 0.2) is 30.5 Å². The highest BCUT2D eigenvalue weighted by molar-refractivity contribution is 5.92. The molecule has 2 aliphatic heterocycles. The number of hydrogen-bond acceptors (Lipinski definition) is 7. The van der Waals surface area contributed by atoms with E-state index in [2.05, 4.69) is 28.0 Å². The monoisotopic (exact) mass is 516 g/mol. The highest BCUT2D eigenvalue weighted by Crippen LogP contribution is 2.31. The molecule has 38 heavy (non-hydrogen) atoms. The lowest BCUT2D eigenvalue weighted by molar-refractivity contribution is -0.132. The Labute approximate surface area is 224 Å². The molecule has 2 fully saturated rings. The molecule has 200 valence electrons. The number of amides is 1. The van der Waals surface area contributed by atoms with Gasteiger partial charge < -0.3 is 23.8 Å². The van der Waals surface area contributed by atoms with Gasteiger partial charge in [0.05, 0.1) is 12.3 Å². The number of likely N-dealkylation sites (tertiary alicyclic amines) is 1. The first-order valence-electron chi connectivity index (χ1n) is 13.5. The van der Waals surface area contributed by atoms with Crippen molar-refractivity contribution >= 4 is 16.9 Å². The van der Waals surface area contributed by atoms with Crippen LogP contribution in [0.1, 0.15) is 37.1 Å². The van der Waals surface area contributed by atoms with Crippen molar-refractivity contribution in [1.82, 2.24) is 24.3 Å². The quantitative estimate of drug-likeness (QED) is 0.451. The highest BCUT2D eigenvalue weighted by atomic mass is 16.5. The molecule has 9 nitrogen and oxygen atoms in total. The average Bonchev–Trinajstić information content (AvgIpc) is 3.55. The van der Waals surface area contributed by atoms with Gasteiger partial charge in [-0.15, -0.1) is 0 Å². The molecule has 5 rings (SSSR count). The van der Waals surface area contributed by atoms with Gasteiger partial charge in [0.15, 0.2) is 0 Å². The molecule has 2 aromatic heterocycles. The largest absolute Gasteiger partial charge is 0.493 e. The highest BCUT2D eigenvalue weighted by Gasteiger charge is 2.27. The summed E-state index contributed by atoms with van der Waals surface area (Å²) in [5.41, 5.74) is 3.17. The van der Waals surface area contributed by atoms with Crippen LogP contribution in [0, 0.1) is 24.2 Å². The van der Waals surface area contributed by atoms with Crippen molar-refractivity contribution in [3.05, 3.63) is 41.9 Å². The van der Waals surface area contributed by atoms with E-state index in [4.69, 9.17) is 9.47 Å². The first-order chi connectivity index (χ1) is 18.4. The van der Waals surface area contributed by atoms with Gasteiger partial charge in [0, 0.05) is 50.0 Å². The summed E-state index contributed by atoms with van der Waals surface area (Å²) in [6.45, 7) is 6.45. The summed E-state index contributed by atoms with van der Waals surface area (Å²) in [5, 5.41) is 10.5. The maximum Gasteiger partial charge on any atom is 0.242 e. The summed E-state index contributed by atoms with van der Waals surface area (Å²) in [5.74, 6) is 1.63. The Kier molecular flexibility index (Phi) is 7.91. The zero-order chi connectivity index (χ0) is 26.6. The molecule has 2 saturated heterocycles. The van der Waals surface area contributed by atoms with Crippen molar-refractivity contribution in [2.24, 2.45) is 5.92 Å². The predicted octanol–water partition coefficient (Wildman–Crippen LogP) is 3.64. The van der Waals surface area contributed by atoms with Crippen molar-refractivity contribution in [2.45, 2.75) is 45.2 Å². The van der Waals surface area contributed by atoms with E-state index in [0.29, 0.717) is 23.9 Å². The number of hydrogen-bond donors (Lipinski definition) is 0. The predicted molar refractivity (Wildman–Crippen MR) is 145 cm³/mol. The molecule has 1 amide bonds. The maximum absolute atomic E-state index is 13.1. The molecule has 0 spiro atoms. The normalized spacial score (nSPS) is 18.5. The Bertz CT molecular complexity index is 1340. The number of nitriles is 1. The smallest absolute Gasteiger partial charge is 0.242 e. The van der Waals surface area contributed by atoms with Gasteiger partial charge in [-0.3, -0.25) is 4.79 Å². The lowest BCUT2D eigenvalue weighted by Crippen LogP contribution is -2.40. The minimum atomic E-state index is 0.0274. The summed E-state index contributed by atoms with van der Waals surface area (Å²) < 4.78 is 13.4. The van der Waals surface area contributed by atoms with Crippen LogP contribution in [0.25, 0.3) is 22.3 Å². The van der Waals surface area contributed by atoms with E-state index in [1.54, 1.807) is 0 Å². The van der Waals surface area contributed by atoms with Crippen LogP contribution in [-0.4, -0.2) is 83.3 Å². The van der Waals surface area contributed by atoms with Crippen LogP contribution in [0.2, 0.25) is 0 Å². The summed E-state index contributed by atoms with van der Waals surface area (Å²) in [7, 11) is 3.95. The number of aryl methyl sites for hydroxylation is 1. The van der Waals surface area contributed by atoms with Gasteiger partial charge in [0.2, 0.25) is 11.7 Å². The van der Waals surface area contributed by atoms with Crippen molar-refractivity contribution < 1.29 is 14.3 Å². The molecule has 0 saturated carbocycles. The first-order valence-corrected chi connectivity index (χ1v) is 13.5. The molecule has 1 aromatic carbocycles. The Morgan fingerprint density at radius 2 is 2.05 bits per heavy atom. The van der Waals surface area contributed by atoms with Crippen LogP contribution in [0.3, 0.4) is 0 Å². The number of carbonyl (C=O) groups is 1. The molecule has 2 aliphatic rings. The van der Waals surface area contributed by atoms with E-state index in [-0.39, 0.29) is 24.3 Å². The van der Waals surface area contributed by atoms with Gasteiger partial charge in [-0.1, -0.05) is 0 Å². The van der Waals surface area contributed by atoms with E-state index in [9.17, 15) is 10.1 Å². The number of ether oxygens (including phenoxy) is 2. The van der Waals surface area contributed by atoms with Crippen LogP contribution in [0.4, 0.5) is 0 Å². The van der Waals surface area contributed by atoms with Crippen molar-refractivity contribution in [3.8, 4) is 23.1 Å². The number of nitrogens with zero attached hydrogens (tertiary/aromatic N) is 6. The third-order valence-electron chi connectivity index (χ3n) is 7.90. The molecule has 0 aliphatic carbocycles. The van der Waals surface area contributed by atoms with Crippen LogP contribution < -0.4 is 4.74 Å². The first kappa shape index (κ1) is 26.1.